The van der Waals surface area contributed by atoms with Gasteiger partial charge >= 0.3 is 0 Å². The summed E-state index contributed by atoms with van der Waals surface area (Å²) in [5.41, 5.74) is 2.30. The van der Waals surface area contributed by atoms with Gasteiger partial charge in [-0.25, -0.2) is 14.4 Å². The van der Waals surface area contributed by atoms with Gasteiger partial charge in [0.05, 0.1) is 10.7 Å². The van der Waals surface area contributed by atoms with E-state index in [0.29, 0.717) is 11.6 Å². The third-order valence-corrected chi connectivity index (χ3v) is 3.19. The predicted molar refractivity (Wildman–Crippen MR) is 82.2 cm³/mol. The molecule has 0 aliphatic heterocycles. The number of nitrogens with zero attached hydrogens (tertiary/aromatic N) is 2. The monoisotopic (exact) mass is 299 g/mol. The molecule has 0 amide bonds. The highest BCUT2D eigenvalue weighted by Crippen LogP contribution is 2.24. The van der Waals surface area contributed by atoms with Gasteiger partial charge in [0.1, 0.15) is 5.82 Å². The topological polar surface area (TPSA) is 37.8 Å². The normalized spacial score (nSPS) is 10.4. The highest BCUT2D eigenvalue weighted by Gasteiger charge is 2.06. The molecule has 5 heteroatoms. The quantitative estimate of drug-likeness (QED) is 0.763. The first-order valence-electron chi connectivity index (χ1n) is 6.33. The van der Waals surface area contributed by atoms with Gasteiger partial charge in [-0.05, 0) is 36.4 Å². The molecule has 1 aromatic heterocycles. The van der Waals surface area contributed by atoms with Crippen LogP contribution in [-0.4, -0.2) is 9.97 Å². The number of aromatic nitrogens is 2. The van der Waals surface area contributed by atoms with Crippen molar-refractivity contribution >= 4 is 23.2 Å². The molecule has 21 heavy (non-hydrogen) atoms. The minimum absolute atomic E-state index is 0.0729. The lowest BCUT2D eigenvalue weighted by Crippen LogP contribution is -1.97. The molecule has 0 saturated carbocycles. The second-order valence-corrected chi connectivity index (χ2v) is 4.79. The van der Waals surface area contributed by atoms with Crippen LogP contribution in [0.1, 0.15) is 0 Å². The van der Waals surface area contributed by atoms with Crippen molar-refractivity contribution in [3.63, 3.8) is 0 Å². The average Bonchev–Trinajstić information content (AvgIpc) is 2.51. The second-order valence-electron chi connectivity index (χ2n) is 4.39. The summed E-state index contributed by atoms with van der Waals surface area (Å²) in [6, 6.07) is 15.9. The molecule has 3 nitrogen and oxygen atoms in total. The Morgan fingerprint density at radius 1 is 1.00 bits per heavy atom. The van der Waals surface area contributed by atoms with E-state index in [4.69, 9.17) is 11.6 Å². The van der Waals surface area contributed by atoms with E-state index in [9.17, 15) is 4.39 Å². The van der Waals surface area contributed by atoms with Crippen molar-refractivity contribution in [2.45, 2.75) is 0 Å². The number of para-hydroxylation sites is 1. The second kappa shape index (κ2) is 5.89. The maximum absolute atomic E-state index is 13.2. The Labute approximate surface area is 126 Å². The van der Waals surface area contributed by atoms with Crippen LogP contribution in [0.2, 0.25) is 5.02 Å². The van der Waals surface area contributed by atoms with E-state index in [1.165, 1.54) is 6.07 Å². The van der Waals surface area contributed by atoms with Crippen molar-refractivity contribution in [3.8, 4) is 11.3 Å². The van der Waals surface area contributed by atoms with Crippen LogP contribution in [0, 0.1) is 5.82 Å². The number of nitrogens with one attached hydrogen (secondary N) is 1. The summed E-state index contributed by atoms with van der Waals surface area (Å²) in [7, 11) is 0. The third-order valence-electron chi connectivity index (χ3n) is 2.90. The Hall–Kier alpha value is -2.46. The number of anilines is 2. The molecule has 0 fully saturated rings. The number of rotatable bonds is 3. The molecule has 0 saturated heterocycles. The number of benzene rings is 2. The number of hydrogen-bond acceptors (Lipinski definition) is 3. The van der Waals surface area contributed by atoms with Crippen molar-refractivity contribution in [2.24, 2.45) is 0 Å². The van der Waals surface area contributed by atoms with Gasteiger partial charge in [-0.3, -0.25) is 0 Å². The molecular formula is C16H11ClFN3. The van der Waals surface area contributed by atoms with E-state index in [1.807, 2.05) is 30.3 Å². The van der Waals surface area contributed by atoms with Gasteiger partial charge in [0.2, 0.25) is 5.95 Å². The van der Waals surface area contributed by atoms with Gasteiger partial charge in [0.15, 0.2) is 0 Å². The Kier molecular flexibility index (Phi) is 3.79. The van der Waals surface area contributed by atoms with Gasteiger partial charge in [-0.15, -0.1) is 0 Å². The fourth-order valence-electron chi connectivity index (χ4n) is 1.89. The lowest BCUT2D eigenvalue weighted by Gasteiger charge is -2.07. The highest BCUT2D eigenvalue weighted by molar-refractivity contribution is 6.31. The molecule has 0 aliphatic carbocycles. The van der Waals surface area contributed by atoms with Gasteiger partial charge in [-0.1, -0.05) is 29.8 Å². The molecule has 3 aromatic rings. The summed E-state index contributed by atoms with van der Waals surface area (Å²) in [4.78, 5) is 8.58. The molecule has 2 aromatic carbocycles. The number of halogens is 2. The molecule has 0 atom stereocenters. The first kappa shape index (κ1) is 13.5. The largest absolute Gasteiger partial charge is 0.324 e. The van der Waals surface area contributed by atoms with Crippen molar-refractivity contribution < 1.29 is 4.39 Å². The molecule has 0 radical (unpaired) electrons. The highest BCUT2D eigenvalue weighted by atomic mass is 35.5. The zero-order valence-corrected chi connectivity index (χ0v) is 11.7. The summed E-state index contributed by atoms with van der Waals surface area (Å²) >= 11 is 5.80. The van der Waals surface area contributed by atoms with Crippen LogP contribution < -0.4 is 5.32 Å². The van der Waals surface area contributed by atoms with Gasteiger partial charge < -0.3 is 5.32 Å². The van der Waals surface area contributed by atoms with Crippen molar-refractivity contribution in [2.75, 3.05) is 5.32 Å². The predicted octanol–water partition coefficient (Wildman–Crippen LogP) is 4.68. The molecule has 104 valence electrons. The lowest BCUT2D eigenvalue weighted by atomic mass is 10.1. The van der Waals surface area contributed by atoms with Crippen LogP contribution in [0.5, 0.6) is 0 Å². The van der Waals surface area contributed by atoms with Crippen LogP contribution in [0.25, 0.3) is 11.3 Å². The van der Waals surface area contributed by atoms with Gasteiger partial charge in [0.25, 0.3) is 0 Å². The molecule has 1 heterocycles. The fourth-order valence-corrected chi connectivity index (χ4v) is 2.07. The first-order chi connectivity index (χ1) is 10.2. The summed E-state index contributed by atoms with van der Waals surface area (Å²) in [6.07, 6.45) is 1.64. The Balaban J connectivity index is 1.91. The standard InChI is InChI=1S/C16H11ClFN3/c17-13-10-11(6-7-14(13)18)15-8-9-19-16(21-15)20-12-4-2-1-3-5-12/h1-10H,(H,19,20,21). The van der Waals surface area contributed by atoms with E-state index in [2.05, 4.69) is 15.3 Å². The van der Waals surface area contributed by atoms with Crippen molar-refractivity contribution in [1.82, 2.24) is 9.97 Å². The van der Waals surface area contributed by atoms with E-state index in [0.717, 1.165) is 11.3 Å². The van der Waals surface area contributed by atoms with Crippen molar-refractivity contribution in [1.29, 1.82) is 0 Å². The average molecular weight is 300 g/mol. The zero-order valence-electron chi connectivity index (χ0n) is 10.9. The molecule has 0 bridgehead atoms. The summed E-state index contributed by atoms with van der Waals surface area (Å²) in [5, 5.41) is 3.18. The van der Waals surface area contributed by atoms with Crippen LogP contribution in [-0.2, 0) is 0 Å². The number of hydrogen-bond donors (Lipinski definition) is 1. The van der Waals surface area contributed by atoms with E-state index < -0.39 is 5.82 Å². The lowest BCUT2D eigenvalue weighted by molar-refractivity contribution is 0.628. The molecule has 0 aliphatic rings. The van der Waals surface area contributed by atoms with E-state index in [1.54, 1.807) is 24.4 Å². The molecule has 0 spiro atoms. The first-order valence-corrected chi connectivity index (χ1v) is 6.71. The van der Waals surface area contributed by atoms with Gasteiger partial charge in [-0.2, -0.15) is 0 Å². The van der Waals surface area contributed by atoms with Crippen molar-refractivity contribution in [3.05, 3.63) is 71.6 Å². The van der Waals surface area contributed by atoms with Crippen LogP contribution >= 0.6 is 11.6 Å². The zero-order chi connectivity index (χ0) is 14.7. The van der Waals surface area contributed by atoms with E-state index in [-0.39, 0.29) is 5.02 Å². The van der Waals surface area contributed by atoms with Crippen LogP contribution in [0.4, 0.5) is 16.0 Å². The fraction of sp³-hybridized carbons (Fsp3) is 0. The Morgan fingerprint density at radius 3 is 2.57 bits per heavy atom. The van der Waals surface area contributed by atoms with Gasteiger partial charge in [0, 0.05) is 17.4 Å². The third kappa shape index (κ3) is 3.17. The minimum atomic E-state index is -0.447. The minimum Gasteiger partial charge on any atom is -0.324 e. The SMILES string of the molecule is Fc1ccc(-c2ccnc(Nc3ccccc3)n2)cc1Cl. The molecule has 1 N–H and O–H groups in total. The molecule has 3 rings (SSSR count). The summed E-state index contributed by atoms with van der Waals surface area (Å²) < 4.78 is 13.2. The van der Waals surface area contributed by atoms with Crippen LogP contribution in [0.3, 0.4) is 0 Å². The maximum atomic E-state index is 13.2. The Morgan fingerprint density at radius 2 is 1.81 bits per heavy atom. The summed E-state index contributed by atoms with van der Waals surface area (Å²) in [6.45, 7) is 0. The smallest absolute Gasteiger partial charge is 0.227 e. The molecular weight excluding hydrogens is 289 g/mol. The maximum Gasteiger partial charge on any atom is 0.227 e. The molecule has 0 unspecified atom stereocenters. The summed E-state index contributed by atoms with van der Waals surface area (Å²) in [5.74, 6) is 0.0243. The van der Waals surface area contributed by atoms with E-state index >= 15 is 0 Å². The van der Waals surface area contributed by atoms with Crippen LogP contribution in [0.15, 0.2) is 60.8 Å². The Bertz CT molecular complexity index is 762.